The lowest BCUT2D eigenvalue weighted by Crippen LogP contribution is -1.84. The van der Waals surface area contributed by atoms with Crippen molar-refractivity contribution in [3.05, 3.63) is 63.6 Å². The van der Waals surface area contributed by atoms with Crippen molar-refractivity contribution in [2.75, 3.05) is 6.61 Å². The Morgan fingerprint density at radius 3 is 2.75 bits per heavy atom. The van der Waals surface area contributed by atoms with Crippen molar-refractivity contribution in [1.82, 2.24) is 0 Å². The first-order chi connectivity index (χ1) is 9.69. The van der Waals surface area contributed by atoms with Gasteiger partial charge in [0, 0.05) is 21.2 Å². The second-order valence-electron chi connectivity index (χ2n) is 4.02. The number of aliphatic hydroxyl groups excluding tert-OH is 1. The molecular formula is C16H12Cl2OS. The summed E-state index contributed by atoms with van der Waals surface area (Å²) in [5.74, 6) is 6.33. The van der Waals surface area contributed by atoms with Crippen LogP contribution in [0.3, 0.4) is 0 Å². The van der Waals surface area contributed by atoms with Gasteiger partial charge in [0.1, 0.15) is 6.61 Å². The van der Waals surface area contributed by atoms with Gasteiger partial charge in [0.25, 0.3) is 0 Å². The lowest BCUT2D eigenvalue weighted by Gasteiger charge is -2.05. The van der Waals surface area contributed by atoms with E-state index < -0.39 is 0 Å². The Labute approximate surface area is 132 Å². The van der Waals surface area contributed by atoms with Crippen LogP contribution >= 0.6 is 35.0 Å². The molecule has 20 heavy (non-hydrogen) atoms. The van der Waals surface area contributed by atoms with E-state index in [9.17, 15) is 0 Å². The Hall–Kier alpha value is -1.11. The predicted molar refractivity (Wildman–Crippen MR) is 86.4 cm³/mol. The molecule has 0 saturated carbocycles. The highest BCUT2D eigenvalue weighted by Gasteiger charge is 2.03. The molecule has 0 bridgehead atoms. The summed E-state index contributed by atoms with van der Waals surface area (Å²) in [4.78, 5) is 0.964. The van der Waals surface area contributed by atoms with Crippen molar-refractivity contribution in [3.63, 3.8) is 0 Å². The van der Waals surface area contributed by atoms with Gasteiger partial charge in [-0.05, 0) is 35.9 Å². The molecule has 4 heteroatoms. The average molecular weight is 323 g/mol. The smallest absolute Gasteiger partial charge is 0.104 e. The SMILES string of the molecule is OCC#Cc1cccc(CSc2cc(Cl)ccc2Cl)c1. The molecule has 2 aromatic rings. The molecule has 0 atom stereocenters. The molecule has 0 heterocycles. The van der Waals surface area contributed by atoms with Crippen LogP contribution in [-0.4, -0.2) is 11.7 Å². The third-order valence-corrected chi connectivity index (χ3v) is 4.33. The van der Waals surface area contributed by atoms with Gasteiger partial charge in [-0.3, -0.25) is 0 Å². The van der Waals surface area contributed by atoms with E-state index in [1.165, 1.54) is 0 Å². The second kappa shape index (κ2) is 7.61. The van der Waals surface area contributed by atoms with Gasteiger partial charge in [-0.15, -0.1) is 11.8 Å². The summed E-state index contributed by atoms with van der Waals surface area (Å²) in [7, 11) is 0. The topological polar surface area (TPSA) is 20.2 Å². The zero-order valence-corrected chi connectivity index (χ0v) is 12.9. The molecule has 2 aromatic carbocycles. The van der Waals surface area contributed by atoms with Crippen molar-refractivity contribution in [1.29, 1.82) is 0 Å². The normalized spacial score (nSPS) is 9.95. The van der Waals surface area contributed by atoms with E-state index in [4.69, 9.17) is 28.3 Å². The summed E-state index contributed by atoms with van der Waals surface area (Å²) in [6.07, 6.45) is 0. The van der Waals surface area contributed by atoms with Crippen molar-refractivity contribution in [3.8, 4) is 11.8 Å². The third kappa shape index (κ3) is 4.47. The number of aliphatic hydroxyl groups is 1. The minimum absolute atomic E-state index is 0.128. The van der Waals surface area contributed by atoms with Gasteiger partial charge in [-0.25, -0.2) is 0 Å². The largest absolute Gasteiger partial charge is 0.384 e. The van der Waals surface area contributed by atoms with Crippen molar-refractivity contribution < 1.29 is 5.11 Å². The molecule has 0 fully saturated rings. The van der Waals surface area contributed by atoms with Gasteiger partial charge in [0.15, 0.2) is 0 Å². The first kappa shape index (κ1) is 15.3. The van der Waals surface area contributed by atoms with E-state index in [0.717, 1.165) is 21.8 Å². The molecule has 2 rings (SSSR count). The molecular weight excluding hydrogens is 311 g/mol. The van der Waals surface area contributed by atoms with Gasteiger partial charge in [-0.1, -0.05) is 47.2 Å². The second-order valence-corrected chi connectivity index (χ2v) is 5.88. The van der Waals surface area contributed by atoms with Crippen LogP contribution in [0, 0.1) is 11.8 Å². The minimum Gasteiger partial charge on any atom is -0.384 e. The lowest BCUT2D eigenvalue weighted by atomic mass is 10.1. The predicted octanol–water partition coefficient (Wildman–Crippen LogP) is 4.63. The van der Waals surface area contributed by atoms with Crippen LogP contribution in [0.25, 0.3) is 0 Å². The van der Waals surface area contributed by atoms with Crippen LogP contribution in [-0.2, 0) is 5.75 Å². The van der Waals surface area contributed by atoms with E-state index in [2.05, 4.69) is 11.8 Å². The highest BCUT2D eigenvalue weighted by molar-refractivity contribution is 7.98. The molecule has 0 saturated heterocycles. The minimum atomic E-state index is -0.128. The molecule has 102 valence electrons. The van der Waals surface area contributed by atoms with Crippen LogP contribution in [0.15, 0.2) is 47.4 Å². The molecule has 0 radical (unpaired) electrons. The molecule has 0 amide bonds. The Bertz CT molecular complexity index is 659. The van der Waals surface area contributed by atoms with Gasteiger partial charge >= 0.3 is 0 Å². The van der Waals surface area contributed by atoms with Gasteiger partial charge in [0.2, 0.25) is 0 Å². The standard InChI is InChI=1S/C16H12Cl2OS/c17-14-6-7-15(18)16(10-14)20-11-13-4-1-3-12(9-13)5-2-8-19/h1,3-4,6-7,9-10,19H,8,11H2. The summed E-state index contributed by atoms with van der Waals surface area (Å²) < 4.78 is 0. The molecule has 0 spiro atoms. The van der Waals surface area contributed by atoms with Gasteiger partial charge in [0.05, 0.1) is 5.02 Å². The summed E-state index contributed by atoms with van der Waals surface area (Å²) in [5, 5.41) is 10.1. The number of hydrogen-bond donors (Lipinski definition) is 1. The molecule has 0 aliphatic heterocycles. The maximum Gasteiger partial charge on any atom is 0.104 e. The fourth-order valence-corrected chi connectivity index (χ4v) is 3.07. The Kier molecular flexibility index (Phi) is 5.82. The Morgan fingerprint density at radius 1 is 1.10 bits per heavy atom. The molecule has 1 N–H and O–H groups in total. The van der Waals surface area contributed by atoms with Crippen LogP contribution in [0.5, 0.6) is 0 Å². The van der Waals surface area contributed by atoms with Crippen LogP contribution in [0.1, 0.15) is 11.1 Å². The number of halogens is 2. The average Bonchev–Trinajstić information content (AvgIpc) is 2.46. The van der Waals surface area contributed by atoms with Gasteiger partial charge < -0.3 is 5.11 Å². The lowest BCUT2D eigenvalue weighted by molar-refractivity contribution is 0.350. The zero-order valence-electron chi connectivity index (χ0n) is 10.6. The molecule has 1 nitrogen and oxygen atoms in total. The van der Waals surface area contributed by atoms with Crippen molar-refractivity contribution in [2.24, 2.45) is 0 Å². The van der Waals surface area contributed by atoms with E-state index in [1.54, 1.807) is 23.9 Å². The number of benzene rings is 2. The van der Waals surface area contributed by atoms with Crippen LogP contribution in [0.2, 0.25) is 10.0 Å². The summed E-state index contributed by atoms with van der Waals surface area (Å²) >= 11 is 13.7. The molecule has 0 aliphatic carbocycles. The Balaban J connectivity index is 2.09. The number of rotatable bonds is 3. The van der Waals surface area contributed by atoms with Crippen molar-refractivity contribution in [2.45, 2.75) is 10.6 Å². The first-order valence-electron chi connectivity index (χ1n) is 5.95. The molecule has 0 aliphatic rings. The molecule has 0 unspecified atom stereocenters. The van der Waals surface area contributed by atoms with E-state index in [1.807, 2.05) is 30.3 Å². The molecule has 0 aromatic heterocycles. The highest BCUT2D eigenvalue weighted by atomic mass is 35.5. The maximum atomic E-state index is 8.70. The Morgan fingerprint density at radius 2 is 1.95 bits per heavy atom. The van der Waals surface area contributed by atoms with Crippen LogP contribution < -0.4 is 0 Å². The van der Waals surface area contributed by atoms with Gasteiger partial charge in [-0.2, -0.15) is 0 Å². The zero-order chi connectivity index (χ0) is 14.4. The maximum absolute atomic E-state index is 8.70. The van der Waals surface area contributed by atoms with Crippen LogP contribution in [0.4, 0.5) is 0 Å². The fraction of sp³-hybridized carbons (Fsp3) is 0.125. The summed E-state index contributed by atoms with van der Waals surface area (Å²) in [6, 6.07) is 13.4. The van der Waals surface area contributed by atoms with E-state index in [0.29, 0.717) is 10.0 Å². The quantitative estimate of drug-likeness (QED) is 0.656. The summed E-state index contributed by atoms with van der Waals surface area (Å²) in [6.45, 7) is -0.128. The highest BCUT2D eigenvalue weighted by Crippen LogP contribution is 2.32. The van der Waals surface area contributed by atoms with E-state index in [-0.39, 0.29) is 6.61 Å². The van der Waals surface area contributed by atoms with E-state index >= 15 is 0 Å². The number of hydrogen-bond acceptors (Lipinski definition) is 2. The number of thioether (sulfide) groups is 1. The fourth-order valence-electron chi connectivity index (χ4n) is 1.63. The third-order valence-electron chi connectivity index (χ3n) is 2.53. The summed E-state index contributed by atoms with van der Waals surface area (Å²) in [5.41, 5.74) is 2.05. The van der Waals surface area contributed by atoms with Crippen molar-refractivity contribution >= 4 is 35.0 Å². The monoisotopic (exact) mass is 322 g/mol. The first-order valence-corrected chi connectivity index (χ1v) is 7.70.